The maximum Gasteiger partial charge on any atom is 0.251 e. The Labute approximate surface area is 126 Å². The lowest BCUT2D eigenvalue weighted by atomic mass is 10.1. The van der Waals surface area contributed by atoms with Gasteiger partial charge < -0.3 is 10.1 Å². The number of benzene rings is 2. The predicted molar refractivity (Wildman–Crippen MR) is 84.3 cm³/mol. The quantitative estimate of drug-likeness (QED) is 0.826. The van der Waals surface area contributed by atoms with Gasteiger partial charge in [0.05, 0.1) is 13.2 Å². The summed E-state index contributed by atoms with van der Waals surface area (Å²) in [6.07, 6.45) is 0. The van der Waals surface area contributed by atoms with E-state index < -0.39 is 0 Å². The van der Waals surface area contributed by atoms with Crippen LogP contribution in [-0.2, 0) is 11.3 Å². The molecule has 110 valence electrons. The van der Waals surface area contributed by atoms with E-state index in [4.69, 9.17) is 4.74 Å². The molecule has 0 heterocycles. The van der Waals surface area contributed by atoms with Crippen LogP contribution in [0.1, 0.15) is 27.0 Å². The third-order valence-electron chi connectivity index (χ3n) is 3.41. The van der Waals surface area contributed by atoms with E-state index in [1.165, 1.54) is 5.56 Å². The third kappa shape index (κ3) is 4.72. The molecule has 1 N–H and O–H groups in total. The van der Waals surface area contributed by atoms with Crippen LogP contribution in [0.4, 0.5) is 0 Å². The van der Waals surface area contributed by atoms with Gasteiger partial charge in [-0.25, -0.2) is 0 Å². The van der Waals surface area contributed by atoms with Crippen molar-refractivity contribution < 1.29 is 9.53 Å². The molecule has 0 saturated carbocycles. The molecule has 21 heavy (non-hydrogen) atoms. The molecule has 0 aliphatic rings. The van der Waals surface area contributed by atoms with Gasteiger partial charge in [0.1, 0.15) is 0 Å². The first-order valence-electron chi connectivity index (χ1n) is 7.14. The topological polar surface area (TPSA) is 38.3 Å². The summed E-state index contributed by atoms with van der Waals surface area (Å²) in [6, 6.07) is 15.7. The molecule has 0 atom stereocenters. The molecule has 0 unspecified atom stereocenters. The summed E-state index contributed by atoms with van der Waals surface area (Å²) in [5.41, 5.74) is 4.15. The summed E-state index contributed by atoms with van der Waals surface area (Å²) in [4.78, 5) is 12.0. The highest BCUT2D eigenvalue weighted by atomic mass is 16.5. The summed E-state index contributed by atoms with van der Waals surface area (Å²) in [5, 5.41) is 2.87. The summed E-state index contributed by atoms with van der Waals surface area (Å²) in [5.74, 6) is -0.0542. The van der Waals surface area contributed by atoms with Crippen molar-refractivity contribution in [2.75, 3.05) is 13.2 Å². The predicted octanol–water partition coefficient (Wildman–Crippen LogP) is 3.25. The van der Waals surface area contributed by atoms with Gasteiger partial charge in [0.15, 0.2) is 0 Å². The fraction of sp³-hybridized carbons (Fsp3) is 0.278. The molecule has 0 saturated heterocycles. The lowest BCUT2D eigenvalue weighted by molar-refractivity contribution is 0.0901. The second kappa shape index (κ2) is 7.60. The van der Waals surface area contributed by atoms with Gasteiger partial charge in [0.25, 0.3) is 5.91 Å². The number of aryl methyl sites for hydroxylation is 2. The summed E-state index contributed by atoms with van der Waals surface area (Å²) in [6.45, 7) is 5.63. The van der Waals surface area contributed by atoms with Crippen LogP contribution in [0.3, 0.4) is 0 Å². The van der Waals surface area contributed by atoms with Crippen LogP contribution >= 0.6 is 0 Å². The molecule has 0 spiro atoms. The second-order valence-corrected chi connectivity index (χ2v) is 5.09. The Morgan fingerprint density at radius 2 is 1.81 bits per heavy atom. The number of ether oxygens (including phenoxy) is 1. The van der Waals surface area contributed by atoms with Crippen LogP contribution in [0.2, 0.25) is 0 Å². The number of carbonyl (C=O) groups excluding carboxylic acids is 1. The SMILES string of the molecule is Cc1ccc(C(=O)NCCOCc2ccccc2)cc1C. The Morgan fingerprint density at radius 1 is 1.05 bits per heavy atom. The largest absolute Gasteiger partial charge is 0.375 e. The molecule has 0 aromatic heterocycles. The average Bonchev–Trinajstić information content (AvgIpc) is 2.50. The monoisotopic (exact) mass is 283 g/mol. The van der Waals surface area contributed by atoms with E-state index in [0.29, 0.717) is 25.3 Å². The van der Waals surface area contributed by atoms with Crippen LogP contribution in [0.15, 0.2) is 48.5 Å². The number of rotatable bonds is 6. The van der Waals surface area contributed by atoms with E-state index >= 15 is 0 Å². The van der Waals surface area contributed by atoms with Crippen molar-refractivity contribution in [1.82, 2.24) is 5.32 Å². The molecule has 2 rings (SSSR count). The summed E-state index contributed by atoms with van der Waals surface area (Å²) >= 11 is 0. The fourth-order valence-electron chi connectivity index (χ4n) is 1.99. The van der Waals surface area contributed by atoms with E-state index in [-0.39, 0.29) is 5.91 Å². The number of hydrogen-bond acceptors (Lipinski definition) is 2. The first-order chi connectivity index (χ1) is 10.2. The average molecular weight is 283 g/mol. The Morgan fingerprint density at radius 3 is 2.52 bits per heavy atom. The molecule has 3 heteroatoms. The van der Waals surface area contributed by atoms with Gasteiger partial charge in [0, 0.05) is 12.1 Å². The van der Waals surface area contributed by atoms with Crippen LogP contribution in [-0.4, -0.2) is 19.1 Å². The molecule has 1 amide bonds. The lowest BCUT2D eigenvalue weighted by Crippen LogP contribution is -2.27. The van der Waals surface area contributed by atoms with E-state index in [1.54, 1.807) is 0 Å². The van der Waals surface area contributed by atoms with E-state index in [2.05, 4.69) is 5.32 Å². The van der Waals surface area contributed by atoms with Gasteiger partial charge in [-0.15, -0.1) is 0 Å². The minimum Gasteiger partial charge on any atom is -0.375 e. The minimum atomic E-state index is -0.0542. The zero-order valence-electron chi connectivity index (χ0n) is 12.6. The summed E-state index contributed by atoms with van der Waals surface area (Å²) in [7, 11) is 0. The normalized spacial score (nSPS) is 10.4. The molecule has 3 nitrogen and oxygen atoms in total. The molecule has 0 aliphatic heterocycles. The van der Waals surface area contributed by atoms with Crippen molar-refractivity contribution >= 4 is 5.91 Å². The summed E-state index contributed by atoms with van der Waals surface area (Å²) < 4.78 is 5.53. The lowest BCUT2D eigenvalue weighted by Gasteiger charge is -2.08. The van der Waals surface area contributed by atoms with Crippen LogP contribution in [0, 0.1) is 13.8 Å². The smallest absolute Gasteiger partial charge is 0.251 e. The fourth-order valence-corrected chi connectivity index (χ4v) is 1.99. The van der Waals surface area contributed by atoms with Crippen molar-refractivity contribution in [3.8, 4) is 0 Å². The van der Waals surface area contributed by atoms with Crippen molar-refractivity contribution in [2.45, 2.75) is 20.5 Å². The van der Waals surface area contributed by atoms with Gasteiger partial charge in [-0.2, -0.15) is 0 Å². The maximum absolute atomic E-state index is 12.0. The van der Waals surface area contributed by atoms with E-state index in [9.17, 15) is 4.79 Å². The Bertz CT molecular complexity index is 593. The molecule has 2 aromatic carbocycles. The Hall–Kier alpha value is -2.13. The van der Waals surface area contributed by atoms with Gasteiger partial charge in [0.2, 0.25) is 0 Å². The zero-order valence-corrected chi connectivity index (χ0v) is 12.6. The standard InChI is InChI=1S/C18H21NO2/c1-14-8-9-17(12-15(14)2)18(20)19-10-11-21-13-16-6-4-3-5-7-16/h3-9,12H,10-11,13H2,1-2H3,(H,19,20). The van der Waals surface area contributed by atoms with Gasteiger partial charge in [-0.1, -0.05) is 36.4 Å². The highest BCUT2D eigenvalue weighted by Gasteiger charge is 2.05. The molecule has 0 fully saturated rings. The second-order valence-electron chi connectivity index (χ2n) is 5.09. The number of amides is 1. The van der Waals surface area contributed by atoms with Crippen molar-refractivity contribution in [1.29, 1.82) is 0 Å². The molecule has 0 radical (unpaired) electrons. The highest BCUT2D eigenvalue weighted by Crippen LogP contribution is 2.09. The molecular formula is C18H21NO2. The Balaban J connectivity index is 1.71. The third-order valence-corrected chi connectivity index (χ3v) is 3.41. The maximum atomic E-state index is 12.0. The van der Waals surface area contributed by atoms with Crippen molar-refractivity contribution in [3.05, 3.63) is 70.8 Å². The van der Waals surface area contributed by atoms with Crippen LogP contribution in [0.25, 0.3) is 0 Å². The van der Waals surface area contributed by atoms with Crippen molar-refractivity contribution in [3.63, 3.8) is 0 Å². The zero-order chi connectivity index (χ0) is 15.1. The van der Waals surface area contributed by atoms with Crippen LogP contribution in [0.5, 0.6) is 0 Å². The molecule has 2 aromatic rings. The molecule has 0 bridgehead atoms. The van der Waals surface area contributed by atoms with Gasteiger partial charge >= 0.3 is 0 Å². The number of hydrogen-bond donors (Lipinski definition) is 1. The van der Waals surface area contributed by atoms with Gasteiger partial charge in [-0.05, 0) is 42.7 Å². The first kappa shape index (κ1) is 15.3. The van der Waals surface area contributed by atoms with Gasteiger partial charge in [-0.3, -0.25) is 4.79 Å². The molecule has 0 aliphatic carbocycles. The Kier molecular flexibility index (Phi) is 5.52. The molecular weight excluding hydrogens is 262 g/mol. The minimum absolute atomic E-state index is 0.0542. The number of nitrogens with one attached hydrogen (secondary N) is 1. The van der Waals surface area contributed by atoms with Crippen LogP contribution < -0.4 is 5.32 Å². The number of carbonyl (C=O) groups is 1. The first-order valence-corrected chi connectivity index (χ1v) is 7.14. The highest BCUT2D eigenvalue weighted by molar-refractivity contribution is 5.94. The van der Waals surface area contributed by atoms with E-state index in [1.807, 2.05) is 62.4 Å². The van der Waals surface area contributed by atoms with Crippen molar-refractivity contribution in [2.24, 2.45) is 0 Å². The van der Waals surface area contributed by atoms with E-state index in [0.717, 1.165) is 11.1 Å².